The summed E-state index contributed by atoms with van der Waals surface area (Å²) < 4.78 is 13.6. The molecule has 6 heteroatoms. The molecule has 0 unspecified atom stereocenters. The third-order valence-electron chi connectivity index (χ3n) is 3.79. The highest BCUT2D eigenvalue weighted by Gasteiger charge is 2.13. The summed E-state index contributed by atoms with van der Waals surface area (Å²) >= 11 is 0. The largest absolute Gasteiger partial charge is 0.374 e. The van der Waals surface area contributed by atoms with E-state index in [-0.39, 0.29) is 18.1 Å². The fourth-order valence-corrected chi connectivity index (χ4v) is 2.48. The number of halogens is 1. The average Bonchev–Trinajstić information content (AvgIpc) is 2.68. The predicted molar refractivity (Wildman–Crippen MR) is 104 cm³/mol. The van der Waals surface area contributed by atoms with Crippen LogP contribution in [0, 0.1) is 5.82 Å². The maximum absolute atomic E-state index is 13.6. The molecule has 0 aliphatic heterocycles. The highest BCUT2D eigenvalue weighted by molar-refractivity contribution is 6.10. The van der Waals surface area contributed by atoms with Gasteiger partial charge in [0.2, 0.25) is 5.91 Å². The van der Waals surface area contributed by atoms with Crippen molar-refractivity contribution in [2.45, 2.75) is 0 Å². The van der Waals surface area contributed by atoms with Gasteiger partial charge in [0, 0.05) is 5.69 Å². The summed E-state index contributed by atoms with van der Waals surface area (Å²) in [5, 5.41) is 8.20. The zero-order valence-corrected chi connectivity index (χ0v) is 14.4. The summed E-state index contributed by atoms with van der Waals surface area (Å²) in [5.41, 5.74) is 1.61. The van der Waals surface area contributed by atoms with Gasteiger partial charge in [0.25, 0.3) is 5.91 Å². The molecule has 3 rings (SSSR count). The molecule has 0 saturated carbocycles. The zero-order valence-electron chi connectivity index (χ0n) is 14.4. The van der Waals surface area contributed by atoms with Crippen LogP contribution in [0.5, 0.6) is 0 Å². The van der Waals surface area contributed by atoms with E-state index in [9.17, 15) is 14.0 Å². The summed E-state index contributed by atoms with van der Waals surface area (Å²) in [6.45, 7) is -0.129. The van der Waals surface area contributed by atoms with Crippen molar-refractivity contribution in [1.29, 1.82) is 0 Å². The van der Waals surface area contributed by atoms with Crippen LogP contribution in [0.4, 0.5) is 21.5 Å². The molecule has 3 aromatic rings. The van der Waals surface area contributed by atoms with Gasteiger partial charge < -0.3 is 16.0 Å². The smallest absolute Gasteiger partial charge is 0.257 e. The molecule has 0 aliphatic rings. The molecule has 0 aromatic heterocycles. The van der Waals surface area contributed by atoms with Gasteiger partial charge in [-0.1, -0.05) is 42.5 Å². The highest BCUT2D eigenvalue weighted by Crippen LogP contribution is 2.18. The fourth-order valence-electron chi connectivity index (χ4n) is 2.48. The number of anilines is 3. The molecular formula is C21H18FN3O2. The van der Waals surface area contributed by atoms with Crippen molar-refractivity contribution < 1.29 is 14.0 Å². The molecule has 0 aliphatic carbocycles. The lowest BCUT2D eigenvalue weighted by Gasteiger charge is -2.12. The summed E-state index contributed by atoms with van der Waals surface area (Å²) in [5.74, 6) is -1.16. The number of rotatable bonds is 6. The van der Waals surface area contributed by atoms with Gasteiger partial charge in [-0.2, -0.15) is 0 Å². The second-order valence-corrected chi connectivity index (χ2v) is 5.75. The fraction of sp³-hybridized carbons (Fsp3) is 0.0476. The van der Waals surface area contributed by atoms with Gasteiger partial charge in [0.15, 0.2) is 0 Å². The standard InChI is InChI=1S/C21H18FN3O2/c22-17-11-5-7-13-19(17)23-14-20(26)25-18-12-6-4-10-16(18)21(27)24-15-8-2-1-3-9-15/h1-13,23H,14H2,(H,24,27)(H,25,26). The average molecular weight is 363 g/mol. The van der Waals surface area contributed by atoms with Gasteiger partial charge in [-0.25, -0.2) is 4.39 Å². The summed E-state index contributed by atoms with van der Waals surface area (Å²) in [4.78, 5) is 24.7. The molecule has 0 heterocycles. The van der Waals surface area contributed by atoms with E-state index in [1.165, 1.54) is 6.07 Å². The first kappa shape index (κ1) is 18.1. The Hall–Kier alpha value is -3.67. The van der Waals surface area contributed by atoms with Crippen LogP contribution >= 0.6 is 0 Å². The number of nitrogens with one attached hydrogen (secondary N) is 3. The first-order chi connectivity index (χ1) is 13.1. The van der Waals surface area contributed by atoms with Gasteiger partial charge in [0.05, 0.1) is 23.5 Å². The van der Waals surface area contributed by atoms with E-state index in [1.807, 2.05) is 18.2 Å². The van der Waals surface area contributed by atoms with Crippen molar-refractivity contribution in [3.05, 3.63) is 90.2 Å². The van der Waals surface area contributed by atoms with E-state index >= 15 is 0 Å². The van der Waals surface area contributed by atoms with Crippen molar-refractivity contribution in [3.8, 4) is 0 Å². The number of benzene rings is 3. The molecule has 27 heavy (non-hydrogen) atoms. The number of amides is 2. The first-order valence-corrected chi connectivity index (χ1v) is 8.37. The number of para-hydroxylation sites is 3. The first-order valence-electron chi connectivity index (χ1n) is 8.37. The molecule has 0 atom stereocenters. The Labute approximate surface area is 156 Å². The molecule has 5 nitrogen and oxygen atoms in total. The molecule has 0 saturated heterocycles. The second kappa shape index (κ2) is 8.62. The lowest BCUT2D eigenvalue weighted by molar-refractivity contribution is -0.114. The van der Waals surface area contributed by atoms with E-state index in [4.69, 9.17) is 0 Å². The third kappa shape index (κ3) is 4.92. The second-order valence-electron chi connectivity index (χ2n) is 5.75. The monoisotopic (exact) mass is 363 g/mol. The summed E-state index contributed by atoms with van der Waals surface area (Å²) in [7, 11) is 0. The Kier molecular flexibility index (Phi) is 5.79. The van der Waals surface area contributed by atoms with Crippen LogP contribution in [-0.2, 0) is 4.79 Å². The molecule has 0 bridgehead atoms. The van der Waals surface area contributed by atoms with Crippen LogP contribution in [0.25, 0.3) is 0 Å². The van der Waals surface area contributed by atoms with Crippen molar-refractivity contribution in [2.75, 3.05) is 22.5 Å². The van der Waals surface area contributed by atoms with E-state index < -0.39 is 11.7 Å². The highest BCUT2D eigenvalue weighted by atomic mass is 19.1. The van der Waals surface area contributed by atoms with Crippen LogP contribution in [0.3, 0.4) is 0 Å². The van der Waals surface area contributed by atoms with Gasteiger partial charge in [-0.15, -0.1) is 0 Å². The topological polar surface area (TPSA) is 70.2 Å². The Balaban J connectivity index is 1.66. The molecule has 3 aromatic carbocycles. The maximum Gasteiger partial charge on any atom is 0.257 e. The van der Waals surface area contributed by atoms with E-state index in [1.54, 1.807) is 54.6 Å². The molecular weight excluding hydrogens is 345 g/mol. The molecule has 3 N–H and O–H groups in total. The zero-order chi connectivity index (χ0) is 19.1. The Morgan fingerprint density at radius 1 is 0.741 bits per heavy atom. The van der Waals surface area contributed by atoms with E-state index in [0.717, 1.165) is 0 Å². The van der Waals surface area contributed by atoms with Gasteiger partial charge in [-0.3, -0.25) is 9.59 Å². The minimum Gasteiger partial charge on any atom is -0.374 e. The molecule has 2 amide bonds. The number of hydrogen-bond acceptors (Lipinski definition) is 3. The maximum atomic E-state index is 13.6. The number of carbonyl (C=O) groups is 2. The minimum absolute atomic E-state index is 0.129. The number of hydrogen-bond donors (Lipinski definition) is 3. The van der Waals surface area contributed by atoms with E-state index in [0.29, 0.717) is 16.9 Å². The van der Waals surface area contributed by atoms with Crippen molar-refractivity contribution in [2.24, 2.45) is 0 Å². The lowest BCUT2D eigenvalue weighted by Crippen LogP contribution is -2.24. The summed E-state index contributed by atoms with van der Waals surface area (Å²) in [6.07, 6.45) is 0. The molecule has 0 spiro atoms. The SMILES string of the molecule is O=C(CNc1ccccc1F)Nc1ccccc1C(=O)Nc1ccccc1. The van der Waals surface area contributed by atoms with Gasteiger partial charge in [-0.05, 0) is 36.4 Å². The van der Waals surface area contributed by atoms with Crippen LogP contribution in [0.2, 0.25) is 0 Å². The van der Waals surface area contributed by atoms with Crippen molar-refractivity contribution >= 4 is 28.9 Å². The van der Waals surface area contributed by atoms with Gasteiger partial charge >= 0.3 is 0 Å². The van der Waals surface area contributed by atoms with Crippen LogP contribution in [-0.4, -0.2) is 18.4 Å². The van der Waals surface area contributed by atoms with Gasteiger partial charge in [0.1, 0.15) is 5.82 Å². The van der Waals surface area contributed by atoms with Crippen LogP contribution < -0.4 is 16.0 Å². The Morgan fingerprint density at radius 3 is 2.11 bits per heavy atom. The Bertz CT molecular complexity index is 945. The van der Waals surface area contributed by atoms with Crippen LogP contribution in [0.1, 0.15) is 10.4 Å². The molecule has 0 radical (unpaired) electrons. The lowest BCUT2D eigenvalue weighted by atomic mass is 10.1. The van der Waals surface area contributed by atoms with Crippen LogP contribution in [0.15, 0.2) is 78.9 Å². The number of carbonyl (C=O) groups excluding carboxylic acids is 2. The normalized spacial score (nSPS) is 10.1. The molecule has 0 fully saturated rings. The quantitative estimate of drug-likeness (QED) is 0.617. The minimum atomic E-state index is -0.437. The van der Waals surface area contributed by atoms with Crippen molar-refractivity contribution in [1.82, 2.24) is 0 Å². The third-order valence-corrected chi connectivity index (χ3v) is 3.79. The summed E-state index contributed by atoms with van der Waals surface area (Å²) in [6, 6.07) is 21.8. The van der Waals surface area contributed by atoms with Crippen molar-refractivity contribution in [3.63, 3.8) is 0 Å². The Morgan fingerprint density at radius 2 is 1.37 bits per heavy atom. The predicted octanol–water partition coefficient (Wildman–Crippen LogP) is 4.13. The van der Waals surface area contributed by atoms with E-state index in [2.05, 4.69) is 16.0 Å². The molecule has 136 valence electrons.